The number of nitrogens with zero attached hydrogens (tertiary/aromatic N) is 3. The summed E-state index contributed by atoms with van der Waals surface area (Å²) in [4.78, 5) is 25.3. The van der Waals surface area contributed by atoms with Crippen LogP contribution in [-0.2, 0) is 11.2 Å². The molecule has 0 saturated heterocycles. The van der Waals surface area contributed by atoms with Crippen LogP contribution < -0.4 is 9.47 Å². The smallest absolute Gasteiger partial charge is 0.213 e. The van der Waals surface area contributed by atoms with Crippen LogP contribution in [-0.4, -0.2) is 27.8 Å². The van der Waals surface area contributed by atoms with Gasteiger partial charge in [0, 0.05) is 17.5 Å². The third-order valence-electron chi connectivity index (χ3n) is 7.34. The number of hydrogen-bond donors (Lipinski definition) is 0. The molecule has 3 aromatic rings. The Morgan fingerprint density at radius 1 is 1.17 bits per heavy atom. The molecule has 3 atom stereocenters. The van der Waals surface area contributed by atoms with Gasteiger partial charge in [0.15, 0.2) is 5.82 Å². The lowest BCUT2D eigenvalue weighted by molar-refractivity contribution is -0.121. The van der Waals surface area contributed by atoms with E-state index in [1.165, 1.54) is 37.1 Å². The van der Waals surface area contributed by atoms with Crippen molar-refractivity contribution in [1.29, 1.82) is 0 Å². The molecule has 1 aromatic carbocycles. The number of rotatable bonds is 7. The second-order valence-corrected chi connectivity index (χ2v) is 9.71. The van der Waals surface area contributed by atoms with E-state index in [9.17, 15) is 9.18 Å². The van der Waals surface area contributed by atoms with Gasteiger partial charge >= 0.3 is 0 Å². The number of aryl methyl sites for hydroxylation is 2. The van der Waals surface area contributed by atoms with E-state index in [0.717, 1.165) is 30.5 Å². The fraction of sp³-hybridized carbons (Fsp3) is 0.429. The number of benzene rings is 1. The summed E-state index contributed by atoms with van der Waals surface area (Å²) in [5, 5.41) is 0. The van der Waals surface area contributed by atoms with E-state index in [1.807, 2.05) is 13.8 Å². The summed E-state index contributed by atoms with van der Waals surface area (Å²) in [6.07, 6.45) is 6.47. The Kier molecular flexibility index (Phi) is 6.26. The van der Waals surface area contributed by atoms with Crippen molar-refractivity contribution in [2.75, 3.05) is 7.11 Å². The summed E-state index contributed by atoms with van der Waals surface area (Å²) in [6.45, 7) is 5.59. The number of ether oxygens (including phenoxy) is 2. The van der Waals surface area contributed by atoms with Gasteiger partial charge in [-0.15, -0.1) is 0 Å². The minimum absolute atomic E-state index is 0.00667. The highest BCUT2D eigenvalue weighted by Crippen LogP contribution is 2.48. The topological polar surface area (TPSA) is 74.2 Å². The minimum atomic E-state index is -0.479. The first-order valence-electron chi connectivity index (χ1n) is 12.2. The summed E-state index contributed by atoms with van der Waals surface area (Å²) < 4.78 is 25.9. The van der Waals surface area contributed by atoms with Crippen LogP contribution in [0.2, 0.25) is 0 Å². The van der Waals surface area contributed by atoms with Crippen LogP contribution in [0, 0.1) is 24.6 Å². The molecule has 1 aliphatic heterocycles. The van der Waals surface area contributed by atoms with Crippen molar-refractivity contribution in [2.24, 2.45) is 11.8 Å². The number of Topliss-reactive ketones (excluding diaryl/α,β-unsaturated/α-hetero) is 1. The number of carbonyl (C=O) groups is 1. The van der Waals surface area contributed by atoms with Crippen molar-refractivity contribution in [3.63, 3.8) is 0 Å². The summed E-state index contributed by atoms with van der Waals surface area (Å²) in [5.41, 5.74) is 4.51. The van der Waals surface area contributed by atoms with Gasteiger partial charge in [-0.25, -0.2) is 14.4 Å². The third kappa shape index (κ3) is 4.64. The van der Waals surface area contributed by atoms with Crippen LogP contribution in [0.1, 0.15) is 67.6 Å². The van der Waals surface area contributed by atoms with Crippen molar-refractivity contribution >= 4 is 5.78 Å². The molecular weight excluding hydrogens is 445 g/mol. The average molecular weight is 476 g/mol. The molecule has 1 saturated carbocycles. The number of halogens is 1. The Labute approximate surface area is 204 Å². The summed E-state index contributed by atoms with van der Waals surface area (Å²) in [6, 6.07) is 7.96. The molecule has 6 nitrogen and oxygen atoms in total. The maximum Gasteiger partial charge on any atom is 0.213 e. The Morgan fingerprint density at radius 3 is 2.66 bits per heavy atom. The lowest BCUT2D eigenvalue weighted by Crippen LogP contribution is -2.21. The van der Waals surface area contributed by atoms with Crippen LogP contribution >= 0.6 is 0 Å². The fourth-order valence-electron chi connectivity index (χ4n) is 5.13. The Hall–Kier alpha value is -3.35. The molecule has 0 amide bonds. The van der Waals surface area contributed by atoms with Crippen molar-refractivity contribution in [2.45, 2.75) is 58.5 Å². The van der Waals surface area contributed by atoms with Gasteiger partial charge in [-0.2, -0.15) is 0 Å². The van der Waals surface area contributed by atoms with E-state index in [4.69, 9.17) is 9.47 Å². The minimum Gasteiger partial charge on any atom is -0.484 e. The van der Waals surface area contributed by atoms with E-state index in [1.54, 1.807) is 13.1 Å². The lowest BCUT2D eigenvalue weighted by Gasteiger charge is -2.29. The molecule has 3 heterocycles. The van der Waals surface area contributed by atoms with Crippen molar-refractivity contribution < 1.29 is 18.7 Å². The van der Waals surface area contributed by atoms with E-state index in [-0.39, 0.29) is 23.7 Å². The van der Waals surface area contributed by atoms with E-state index in [2.05, 4.69) is 33.2 Å². The van der Waals surface area contributed by atoms with Gasteiger partial charge in [-0.05, 0) is 68.6 Å². The number of pyridine rings is 1. The quantitative estimate of drug-likeness (QED) is 0.431. The molecule has 0 bridgehead atoms. The van der Waals surface area contributed by atoms with Gasteiger partial charge < -0.3 is 9.47 Å². The van der Waals surface area contributed by atoms with Gasteiger partial charge in [0.2, 0.25) is 5.88 Å². The maximum absolute atomic E-state index is 14.4. The molecule has 0 spiro atoms. The van der Waals surface area contributed by atoms with Gasteiger partial charge in [0.25, 0.3) is 0 Å². The SMILES string of the molecule is COc1cc(-c2cnc(C3CCc4ccc([C@H](C5CC5)[C@H](C)C(C)=O)cc4O3)c(C)n2)c(F)cn1. The predicted octanol–water partition coefficient (Wildman–Crippen LogP) is 5.78. The molecule has 1 aliphatic carbocycles. The van der Waals surface area contributed by atoms with Crippen LogP contribution in [0.5, 0.6) is 11.6 Å². The van der Waals surface area contributed by atoms with Crippen molar-refractivity contribution in [3.8, 4) is 22.9 Å². The number of aromatic nitrogens is 3. The van der Waals surface area contributed by atoms with Crippen LogP contribution in [0.25, 0.3) is 11.3 Å². The van der Waals surface area contributed by atoms with Gasteiger partial charge in [0.1, 0.15) is 23.3 Å². The molecule has 2 aromatic heterocycles. The highest BCUT2D eigenvalue weighted by molar-refractivity contribution is 5.79. The normalized spacial score (nSPS) is 18.8. The zero-order valence-corrected chi connectivity index (χ0v) is 20.5. The number of methoxy groups -OCH3 is 1. The Bertz CT molecular complexity index is 1270. The number of carbonyl (C=O) groups excluding carboxylic acids is 1. The molecule has 7 heteroatoms. The monoisotopic (exact) mass is 475 g/mol. The molecule has 182 valence electrons. The zero-order valence-electron chi connectivity index (χ0n) is 20.5. The van der Waals surface area contributed by atoms with E-state index in [0.29, 0.717) is 28.7 Å². The first-order valence-corrected chi connectivity index (χ1v) is 12.2. The molecule has 1 unspecified atom stereocenters. The average Bonchev–Trinajstić information content (AvgIpc) is 3.69. The van der Waals surface area contributed by atoms with Crippen molar-refractivity contribution in [3.05, 3.63) is 65.0 Å². The van der Waals surface area contributed by atoms with Crippen LogP contribution in [0.4, 0.5) is 4.39 Å². The molecular formula is C28H30FN3O3. The highest BCUT2D eigenvalue weighted by atomic mass is 19.1. The van der Waals surface area contributed by atoms with Gasteiger partial charge in [-0.3, -0.25) is 9.78 Å². The Morgan fingerprint density at radius 2 is 1.97 bits per heavy atom. The van der Waals surface area contributed by atoms with Crippen LogP contribution in [0.15, 0.2) is 36.7 Å². The van der Waals surface area contributed by atoms with E-state index < -0.39 is 5.82 Å². The zero-order chi connectivity index (χ0) is 24.7. The standard InChI is InChI=1S/C28H30FN3O3/c1-15(17(3)33)27(19-6-7-19)20-8-5-18-9-10-24(35-25(18)11-20)28-16(2)32-23(14-31-28)21-12-26(34-4)30-13-22(21)29/h5,8,11-15,19,24,27H,6-7,9-10H2,1-4H3/t15-,24?,27+/m1/s1. The highest BCUT2D eigenvalue weighted by Gasteiger charge is 2.38. The molecule has 0 N–H and O–H groups in total. The summed E-state index contributed by atoms with van der Waals surface area (Å²) in [5.74, 6) is 1.72. The van der Waals surface area contributed by atoms with Gasteiger partial charge in [-0.1, -0.05) is 19.1 Å². The number of ketones is 1. The first kappa shape index (κ1) is 23.4. The molecule has 0 radical (unpaired) electrons. The summed E-state index contributed by atoms with van der Waals surface area (Å²) >= 11 is 0. The van der Waals surface area contributed by atoms with E-state index >= 15 is 0 Å². The molecule has 2 aliphatic rings. The molecule has 1 fully saturated rings. The maximum atomic E-state index is 14.4. The molecule has 5 rings (SSSR count). The fourth-order valence-corrected chi connectivity index (χ4v) is 5.13. The lowest BCUT2D eigenvalue weighted by atomic mass is 9.80. The van der Waals surface area contributed by atoms with Gasteiger partial charge in [0.05, 0.1) is 30.9 Å². The largest absolute Gasteiger partial charge is 0.484 e. The predicted molar refractivity (Wildman–Crippen MR) is 130 cm³/mol. The first-order chi connectivity index (χ1) is 16.9. The third-order valence-corrected chi connectivity index (χ3v) is 7.34. The van der Waals surface area contributed by atoms with Crippen LogP contribution in [0.3, 0.4) is 0 Å². The second kappa shape index (κ2) is 9.36. The summed E-state index contributed by atoms with van der Waals surface area (Å²) in [7, 11) is 1.49. The Balaban J connectivity index is 1.41. The number of hydrogen-bond acceptors (Lipinski definition) is 6. The number of fused-ring (bicyclic) bond motifs is 1. The molecule has 35 heavy (non-hydrogen) atoms. The van der Waals surface area contributed by atoms with Crippen molar-refractivity contribution in [1.82, 2.24) is 15.0 Å². The second-order valence-electron chi connectivity index (χ2n) is 9.71.